The van der Waals surface area contributed by atoms with Crippen LogP contribution in [0, 0.1) is 5.41 Å². The molecule has 1 aromatic rings. The predicted octanol–water partition coefficient (Wildman–Crippen LogP) is 5.32. The summed E-state index contributed by atoms with van der Waals surface area (Å²) in [6, 6.07) is 5.22. The maximum atomic E-state index is 12.2. The van der Waals surface area contributed by atoms with E-state index in [1.54, 1.807) is 12.1 Å². The minimum atomic E-state index is -2.86. The Balaban J connectivity index is 2.08. The zero-order chi connectivity index (χ0) is 14.8. The Morgan fingerprint density at radius 1 is 1.35 bits per heavy atom. The van der Waals surface area contributed by atoms with Gasteiger partial charge < -0.3 is 10.1 Å². The SMILES string of the molecule is CC1(C)CCCCC1Nc1ccc(OC(F)F)c(Cl)c1. The minimum Gasteiger partial charge on any atom is -0.433 e. The normalized spacial score (nSPS) is 21.8. The second-order valence-corrected chi connectivity index (χ2v) is 6.36. The summed E-state index contributed by atoms with van der Waals surface area (Å²) in [5.74, 6) is 0.00937. The Morgan fingerprint density at radius 3 is 2.70 bits per heavy atom. The van der Waals surface area contributed by atoms with E-state index in [1.165, 1.54) is 25.3 Å². The average molecular weight is 304 g/mol. The van der Waals surface area contributed by atoms with E-state index in [2.05, 4.69) is 23.9 Å². The van der Waals surface area contributed by atoms with Crippen LogP contribution in [0.25, 0.3) is 0 Å². The molecule has 0 spiro atoms. The van der Waals surface area contributed by atoms with Gasteiger partial charge in [-0.05, 0) is 36.5 Å². The van der Waals surface area contributed by atoms with Crippen LogP contribution in [0.1, 0.15) is 39.5 Å². The van der Waals surface area contributed by atoms with Gasteiger partial charge in [0.25, 0.3) is 0 Å². The number of hydrogen-bond donors (Lipinski definition) is 1. The number of ether oxygens (including phenoxy) is 1. The van der Waals surface area contributed by atoms with Gasteiger partial charge in [0.1, 0.15) is 5.75 Å². The summed E-state index contributed by atoms with van der Waals surface area (Å²) in [5, 5.41) is 3.66. The van der Waals surface area contributed by atoms with E-state index in [-0.39, 0.29) is 16.2 Å². The van der Waals surface area contributed by atoms with E-state index in [9.17, 15) is 8.78 Å². The smallest absolute Gasteiger partial charge is 0.387 e. The van der Waals surface area contributed by atoms with Crippen molar-refractivity contribution in [3.63, 3.8) is 0 Å². The third-order valence-electron chi connectivity index (χ3n) is 4.00. The van der Waals surface area contributed by atoms with Crippen molar-refractivity contribution in [2.24, 2.45) is 5.41 Å². The summed E-state index contributed by atoms with van der Waals surface area (Å²) in [4.78, 5) is 0. The first-order chi connectivity index (χ1) is 9.38. The molecule has 1 N–H and O–H groups in total. The van der Waals surface area contributed by atoms with E-state index in [0.29, 0.717) is 6.04 Å². The van der Waals surface area contributed by atoms with Crippen LogP contribution < -0.4 is 10.1 Å². The summed E-state index contributed by atoms with van der Waals surface area (Å²) >= 11 is 5.96. The first kappa shape index (κ1) is 15.4. The first-order valence-corrected chi connectivity index (χ1v) is 7.27. The quantitative estimate of drug-likeness (QED) is 0.812. The van der Waals surface area contributed by atoms with E-state index in [4.69, 9.17) is 11.6 Å². The van der Waals surface area contributed by atoms with Crippen molar-refractivity contribution in [2.75, 3.05) is 5.32 Å². The number of halogens is 3. The van der Waals surface area contributed by atoms with Crippen molar-refractivity contribution in [1.82, 2.24) is 0 Å². The molecule has 0 bridgehead atoms. The van der Waals surface area contributed by atoms with E-state index < -0.39 is 6.61 Å². The monoisotopic (exact) mass is 303 g/mol. The largest absolute Gasteiger partial charge is 0.433 e. The molecule has 0 heterocycles. The van der Waals surface area contributed by atoms with Gasteiger partial charge in [-0.25, -0.2) is 0 Å². The number of anilines is 1. The lowest BCUT2D eigenvalue weighted by atomic mass is 9.73. The highest BCUT2D eigenvalue weighted by atomic mass is 35.5. The number of hydrogen-bond acceptors (Lipinski definition) is 2. The summed E-state index contributed by atoms with van der Waals surface area (Å²) < 4.78 is 28.7. The van der Waals surface area contributed by atoms with Crippen molar-refractivity contribution >= 4 is 17.3 Å². The van der Waals surface area contributed by atoms with Crippen LogP contribution in [-0.2, 0) is 0 Å². The van der Waals surface area contributed by atoms with Crippen molar-refractivity contribution in [2.45, 2.75) is 52.2 Å². The second-order valence-electron chi connectivity index (χ2n) is 5.95. The van der Waals surface area contributed by atoms with Gasteiger partial charge in [-0.1, -0.05) is 38.3 Å². The van der Waals surface area contributed by atoms with Gasteiger partial charge in [-0.2, -0.15) is 8.78 Å². The maximum Gasteiger partial charge on any atom is 0.387 e. The summed E-state index contributed by atoms with van der Waals surface area (Å²) in [5.41, 5.74) is 1.07. The summed E-state index contributed by atoms with van der Waals surface area (Å²) in [7, 11) is 0. The van der Waals surface area contributed by atoms with E-state index in [0.717, 1.165) is 12.1 Å². The molecular formula is C15H20ClF2NO. The lowest BCUT2D eigenvalue weighted by Crippen LogP contribution is -2.38. The lowest BCUT2D eigenvalue weighted by Gasteiger charge is -2.39. The Hall–Kier alpha value is -1.03. The number of nitrogens with one attached hydrogen (secondary N) is 1. The third kappa shape index (κ3) is 3.75. The van der Waals surface area contributed by atoms with Gasteiger partial charge in [0.05, 0.1) is 5.02 Å². The topological polar surface area (TPSA) is 21.3 Å². The van der Waals surface area contributed by atoms with Crippen LogP contribution >= 0.6 is 11.6 Å². The van der Waals surface area contributed by atoms with Crippen molar-refractivity contribution in [3.8, 4) is 5.75 Å². The molecule has 112 valence electrons. The summed E-state index contributed by atoms with van der Waals surface area (Å²) in [6.07, 6.45) is 4.76. The van der Waals surface area contributed by atoms with Crippen LogP contribution in [0.3, 0.4) is 0 Å². The molecule has 0 aliphatic heterocycles. The standard InChI is InChI=1S/C15H20ClF2NO/c1-15(2)8-4-3-5-13(15)19-10-6-7-12(11(16)9-10)20-14(17)18/h6-7,9,13-14,19H,3-5,8H2,1-2H3. The van der Waals surface area contributed by atoms with Gasteiger partial charge >= 0.3 is 6.61 Å². The van der Waals surface area contributed by atoms with Crippen molar-refractivity contribution < 1.29 is 13.5 Å². The van der Waals surface area contributed by atoms with Gasteiger partial charge in [0, 0.05) is 11.7 Å². The van der Waals surface area contributed by atoms with Crippen molar-refractivity contribution in [1.29, 1.82) is 0 Å². The van der Waals surface area contributed by atoms with E-state index in [1.807, 2.05) is 0 Å². The lowest BCUT2D eigenvalue weighted by molar-refractivity contribution is -0.0497. The van der Waals surface area contributed by atoms with Crippen LogP contribution in [0.15, 0.2) is 18.2 Å². The highest BCUT2D eigenvalue weighted by molar-refractivity contribution is 6.32. The molecule has 1 saturated carbocycles. The molecule has 20 heavy (non-hydrogen) atoms. The fourth-order valence-corrected chi connectivity index (χ4v) is 2.97. The Labute approximate surface area is 123 Å². The van der Waals surface area contributed by atoms with Gasteiger partial charge in [-0.15, -0.1) is 0 Å². The summed E-state index contributed by atoms with van der Waals surface area (Å²) in [6.45, 7) is 1.64. The second kappa shape index (κ2) is 6.17. The molecule has 2 rings (SSSR count). The number of alkyl halides is 2. The Morgan fingerprint density at radius 2 is 2.10 bits per heavy atom. The fourth-order valence-electron chi connectivity index (χ4n) is 2.74. The molecular weight excluding hydrogens is 284 g/mol. The van der Waals surface area contributed by atoms with Crippen molar-refractivity contribution in [3.05, 3.63) is 23.2 Å². The first-order valence-electron chi connectivity index (χ1n) is 6.89. The van der Waals surface area contributed by atoms with Gasteiger partial charge in [0.2, 0.25) is 0 Å². The zero-order valence-corrected chi connectivity index (χ0v) is 12.5. The highest BCUT2D eigenvalue weighted by Crippen LogP contribution is 2.38. The molecule has 2 nitrogen and oxygen atoms in total. The molecule has 1 aliphatic rings. The molecule has 0 saturated heterocycles. The fraction of sp³-hybridized carbons (Fsp3) is 0.600. The maximum absolute atomic E-state index is 12.2. The Bertz CT molecular complexity index is 465. The predicted molar refractivity (Wildman–Crippen MR) is 77.7 cm³/mol. The third-order valence-corrected chi connectivity index (χ3v) is 4.29. The molecule has 1 aliphatic carbocycles. The van der Waals surface area contributed by atoms with Crippen LogP contribution in [0.5, 0.6) is 5.75 Å². The molecule has 0 aromatic heterocycles. The van der Waals surface area contributed by atoms with Gasteiger partial charge in [-0.3, -0.25) is 0 Å². The molecule has 1 fully saturated rings. The molecule has 5 heteroatoms. The molecule has 0 radical (unpaired) electrons. The van der Waals surface area contributed by atoms with Crippen LogP contribution in [-0.4, -0.2) is 12.7 Å². The number of rotatable bonds is 4. The average Bonchev–Trinajstić information content (AvgIpc) is 2.35. The molecule has 1 unspecified atom stereocenters. The van der Waals surface area contributed by atoms with E-state index >= 15 is 0 Å². The minimum absolute atomic E-state index is 0.00937. The highest BCUT2D eigenvalue weighted by Gasteiger charge is 2.32. The molecule has 1 aromatic carbocycles. The zero-order valence-electron chi connectivity index (χ0n) is 11.8. The van der Waals surface area contributed by atoms with Gasteiger partial charge in [0.15, 0.2) is 0 Å². The van der Waals surface area contributed by atoms with Crippen LogP contribution in [0.2, 0.25) is 5.02 Å². The number of benzene rings is 1. The Kier molecular flexibility index (Phi) is 4.74. The van der Waals surface area contributed by atoms with Crippen LogP contribution in [0.4, 0.5) is 14.5 Å². The molecule has 1 atom stereocenters. The molecule has 0 amide bonds.